The number of hydrogen-bond donors (Lipinski definition) is 0. The highest BCUT2D eigenvalue weighted by molar-refractivity contribution is 5.84. The molecule has 1 amide bonds. The van der Waals surface area contributed by atoms with Gasteiger partial charge in [-0.1, -0.05) is 12.1 Å². The van der Waals surface area contributed by atoms with E-state index in [0.29, 0.717) is 32.4 Å². The summed E-state index contributed by atoms with van der Waals surface area (Å²) < 4.78 is 18.6. The number of benzene rings is 1. The van der Waals surface area contributed by atoms with Crippen molar-refractivity contribution in [2.24, 2.45) is 5.92 Å². The van der Waals surface area contributed by atoms with Gasteiger partial charge in [-0.15, -0.1) is 0 Å². The summed E-state index contributed by atoms with van der Waals surface area (Å²) in [6.45, 7) is 1.18. The van der Waals surface area contributed by atoms with Crippen molar-refractivity contribution in [3.63, 3.8) is 0 Å². The maximum atomic E-state index is 13.2. The number of carbonyl (C=O) groups excluding carboxylic acids is 1. The van der Waals surface area contributed by atoms with Crippen LogP contribution in [0.15, 0.2) is 47.1 Å². The minimum absolute atomic E-state index is 0.00870. The maximum absolute atomic E-state index is 13.2. The van der Waals surface area contributed by atoms with Crippen LogP contribution in [0.2, 0.25) is 0 Å². The van der Waals surface area contributed by atoms with Gasteiger partial charge in [0.1, 0.15) is 11.6 Å². The van der Waals surface area contributed by atoms with Crippen LogP contribution in [0.5, 0.6) is 0 Å². The zero-order valence-electron chi connectivity index (χ0n) is 13.3. The molecule has 0 spiro atoms. The van der Waals surface area contributed by atoms with E-state index in [-0.39, 0.29) is 17.6 Å². The first-order valence-corrected chi connectivity index (χ1v) is 8.13. The van der Waals surface area contributed by atoms with Gasteiger partial charge in [0.15, 0.2) is 0 Å². The van der Waals surface area contributed by atoms with Gasteiger partial charge in [-0.25, -0.2) is 4.39 Å². The molecule has 0 saturated carbocycles. The summed E-state index contributed by atoms with van der Waals surface area (Å²) in [5, 5.41) is 9.00. The molecule has 2 aromatic rings. The molecule has 1 atom stereocenters. The van der Waals surface area contributed by atoms with Gasteiger partial charge < -0.3 is 9.32 Å². The summed E-state index contributed by atoms with van der Waals surface area (Å²) in [5.41, 5.74) is 0.778. The van der Waals surface area contributed by atoms with Gasteiger partial charge in [0.05, 0.1) is 18.3 Å². The molecule has 2 heterocycles. The van der Waals surface area contributed by atoms with Crippen molar-refractivity contribution < 1.29 is 13.6 Å². The lowest BCUT2D eigenvalue weighted by atomic mass is 9.91. The highest BCUT2D eigenvalue weighted by atomic mass is 19.1. The fraction of sp³-hybridized carbons (Fsp3) is 0.368. The van der Waals surface area contributed by atoms with Gasteiger partial charge in [-0.3, -0.25) is 4.79 Å². The van der Waals surface area contributed by atoms with E-state index < -0.39 is 5.92 Å². The molecular weight excluding hydrogens is 307 g/mol. The third-order valence-electron chi connectivity index (χ3n) is 4.55. The van der Waals surface area contributed by atoms with Crippen molar-refractivity contribution in [2.45, 2.75) is 25.2 Å². The highest BCUT2D eigenvalue weighted by Crippen LogP contribution is 2.26. The molecule has 1 fully saturated rings. The zero-order chi connectivity index (χ0) is 16.9. The minimum atomic E-state index is -0.407. The Bertz CT molecular complexity index is 711. The minimum Gasteiger partial charge on any atom is -0.469 e. The van der Waals surface area contributed by atoms with Crippen LogP contribution in [0.4, 0.5) is 4.39 Å². The summed E-state index contributed by atoms with van der Waals surface area (Å²) >= 11 is 0. The number of amides is 1. The molecule has 0 N–H and O–H groups in total. The predicted octanol–water partition coefficient (Wildman–Crippen LogP) is 3.51. The maximum Gasteiger partial charge on any atom is 0.230 e. The van der Waals surface area contributed by atoms with Gasteiger partial charge >= 0.3 is 0 Å². The molecule has 1 saturated heterocycles. The molecule has 0 aliphatic carbocycles. The molecule has 1 aromatic carbocycles. The Morgan fingerprint density at radius 2 is 2.00 bits per heavy atom. The van der Waals surface area contributed by atoms with Crippen molar-refractivity contribution >= 4 is 5.91 Å². The number of halogens is 1. The molecule has 1 unspecified atom stereocenters. The van der Waals surface area contributed by atoms with Crippen LogP contribution in [0.25, 0.3) is 0 Å². The summed E-state index contributed by atoms with van der Waals surface area (Å²) in [5.74, 6) is 0.0375. The average Bonchev–Trinajstić information content (AvgIpc) is 3.13. The largest absolute Gasteiger partial charge is 0.469 e. The molecule has 1 aliphatic heterocycles. The summed E-state index contributed by atoms with van der Waals surface area (Å²) in [6, 6.07) is 12.0. The molecule has 0 radical (unpaired) electrons. The van der Waals surface area contributed by atoms with Crippen molar-refractivity contribution in [1.82, 2.24) is 4.90 Å². The second kappa shape index (κ2) is 7.31. The Labute approximate surface area is 140 Å². The molecular formula is C19H19FN2O2. The molecule has 5 heteroatoms. The van der Waals surface area contributed by atoms with Crippen molar-refractivity contribution in [1.29, 1.82) is 5.26 Å². The Hall–Kier alpha value is -2.61. The van der Waals surface area contributed by atoms with Crippen LogP contribution in [-0.2, 0) is 11.2 Å². The lowest BCUT2D eigenvalue weighted by Gasteiger charge is -2.32. The average molecular weight is 326 g/mol. The number of furan rings is 1. The Morgan fingerprint density at radius 3 is 2.58 bits per heavy atom. The van der Waals surface area contributed by atoms with E-state index in [1.54, 1.807) is 24.5 Å². The van der Waals surface area contributed by atoms with Crippen LogP contribution in [0.3, 0.4) is 0 Å². The van der Waals surface area contributed by atoms with Crippen molar-refractivity contribution in [2.75, 3.05) is 13.1 Å². The number of nitrogens with zero attached hydrogens (tertiary/aromatic N) is 2. The third kappa shape index (κ3) is 3.65. The van der Waals surface area contributed by atoms with E-state index in [4.69, 9.17) is 9.68 Å². The molecule has 3 rings (SSSR count). The first-order valence-electron chi connectivity index (χ1n) is 8.13. The van der Waals surface area contributed by atoms with E-state index >= 15 is 0 Å². The lowest BCUT2D eigenvalue weighted by molar-refractivity contribution is -0.134. The number of nitriles is 1. The number of rotatable bonds is 4. The molecule has 24 heavy (non-hydrogen) atoms. The van der Waals surface area contributed by atoms with E-state index in [1.807, 2.05) is 11.0 Å². The Balaban J connectivity index is 1.80. The number of likely N-dealkylation sites (tertiary alicyclic amines) is 1. The molecule has 124 valence electrons. The monoisotopic (exact) mass is 326 g/mol. The van der Waals surface area contributed by atoms with Gasteiger partial charge in [0.2, 0.25) is 5.91 Å². The standard InChI is InChI=1S/C19H19FN2O2/c20-16-5-3-15(4-6-16)18(12-17-2-1-11-24-17)19(23)22-9-7-14(13-21)8-10-22/h1-6,11,14,18H,7-10,12H2. The highest BCUT2D eigenvalue weighted by Gasteiger charge is 2.30. The Kier molecular flexibility index (Phi) is 4.95. The number of hydrogen-bond acceptors (Lipinski definition) is 3. The number of piperidine rings is 1. The second-order valence-corrected chi connectivity index (χ2v) is 6.12. The smallest absolute Gasteiger partial charge is 0.230 e. The number of carbonyl (C=O) groups is 1. The summed E-state index contributed by atoms with van der Waals surface area (Å²) in [4.78, 5) is 14.8. The fourth-order valence-electron chi connectivity index (χ4n) is 3.12. The van der Waals surface area contributed by atoms with Crippen LogP contribution < -0.4 is 0 Å². The van der Waals surface area contributed by atoms with Gasteiger partial charge in [0, 0.05) is 25.4 Å². The van der Waals surface area contributed by atoms with Crippen LogP contribution >= 0.6 is 0 Å². The Morgan fingerprint density at radius 1 is 1.29 bits per heavy atom. The van der Waals surface area contributed by atoms with Crippen LogP contribution in [0, 0.1) is 23.1 Å². The molecule has 1 aromatic heterocycles. The van der Waals surface area contributed by atoms with Gasteiger partial charge in [0.25, 0.3) is 0 Å². The molecule has 4 nitrogen and oxygen atoms in total. The lowest BCUT2D eigenvalue weighted by Crippen LogP contribution is -2.41. The first kappa shape index (κ1) is 16.3. The SMILES string of the molecule is N#CC1CCN(C(=O)C(Cc2ccco2)c2ccc(F)cc2)CC1. The van der Waals surface area contributed by atoms with Gasteiger partial charge in [-0.2, -0.15) is 5.26 Å². The topological polar surface area (TPSA) is 57.2 Å². The van der Waals surface area contributed by atoms with E-state index in [9.17, 15) is 9.18 Å². The van der Waals surface area contributed by atoms with E-state index in [0.717, 1.165) is 11.3 Å². The summed E-state index contributed by atoms with van der Waals surface area (Å²) in [7, 11) is 0. The van der Waals surface area contributed by atoms with E-state index in [1.165, 1.54) is 12.1 Å². The predicted molar refractivity (Wildman–Crippen MR) is 86.5 cm³/mol. The van der Waals surface area contributed by atoms with Crippen molar-refractivity contribution in [3.8, 4) is 6.07 Å². The van der Waals surface area contributed by atoms with Crippen molar-refractivity contribution in [3.05, 3.63) is 59.8 Å². The van der Waals surface area contributed by atoms with E-state index in [2.05, 4.69) is 6.07 Å². The zero-order valence-corrected chi connectivity index (χ0v) is 13.3. The summed E-state index contributed by atoms with van der Waals surface area (Å²) in [6.07, 6.45) is 3.44. The second-order valence-electron chi connectivity index (χ2n) is 6.12. The third-order valence-corrected chi connectivity index (χ3v) is 4.55. The molecule has 1 aliphatic rings. The quantitative estimate of drug-likeness (QED) is 0.864. The molecule has 0 bridgehead atoms. The normalized spacial score (nSPS) is 16.6. The van der Waals surface area contributed by atoms with Crippen LogP contribution in [-0.4, -0.2) is 23.9 Å². The van der Waals surface area contributed by atoms with Gasteiger partial charge in [-0.05, 0) is 42.7 Å². The van der Waals surface area contributed by atoms with Crippen LogP contribution in [0.1, 0.15) is 30.1 Å². The fourth-order valence-corrected chi connectivity index (χ4v) is 3.12. The first-order chi connectivity index (χ1) is 11.7.